The Morgan fingerprint density at radius 1 is 1.50 bits per heavy atom. The molecule has 1 N–H and O–H groups in total. The monoisotopic (exact) mass is 336 g/mol. The molecule has 0 saturated heterocycles. The van der Waals surface area contributed by atoms with Crippen molar-refractivity contribution in [1.82, 2.24) is 19.7 Å². The lowest BCUT2D eigenvalue weighted by atomic mass is 9.67. The summed E-state index contributed by atoms with van der Waals surface area (Å²) in [5.41, 5.74) is 0.144. The number of aromatic nitrogens is 3. The molecule has 0 aliphatic heterocycles. The summed E-state index contributed by atoms with van der Waals surface area (Å²) in [6, 6.07) is 0. The van der Waals surface area contributed by atoms with Gasteiger partial charge in [0.25, 0.3) is 10.0 Å². The van der Waals surface area contributed by atoms with Crippen LogP contribution in [0.1, 0.15) is 32.6 Å². The molecule has 8 heteroatoms. The molecule has 0 bridgehead atoms. The minimum absolute atomic E-state index is 0.0769. The SMILES string of the molecule is CCC1(CNS(=O)(=O)c2c(Br)nnn2C)CCC1. The Bertz CT molecular complexity index is 511. The van der Waals surface area contributed by atoms with E-state index < -0.39 is 10.0 Å². The van der Waals surface area contributed by atoms with Gasteiger partial charge in [0.05, 0.1) is 0 Å². The average Bonchev–Trinajstić information content (AvgIpc) is 2.58. The van der Waals surface area contributed by atoms with Gasteiger partial charge in [0.2, 0.25) is 5.03 Å². The van der Waals surface area contributed by atoms with Crippen molar-refractivity contribution >= 4 is 26.0 Å². The molecule has 1 aromatic heterocycles. The molecule has 0 radical (unpaired) electrons. The van der Waals surface area contributed by atoms with Crippen LogP contribution in [0.5, 0.6) is 0 Å². The van der Waals surface area contributed by atoms with Crippen molar-refractivity contribution in [2.75, 3.05) is 6.54 Å². The summed E-state index contributed by atoms with van der Waals surface area (Å²) in [6.07, 6.45) is 4.38. The van der Waals surface area contributed by atoms with Crippen LogP contribution in [-0.2, 0) is 17.1 Å². The van der Waals surface area contributed by atoms with Crippen LogP contribution in [0.3, 0.4) is 0 Å². The molecule has 1 saturated carbocycles. The molecule has 2 rings (SSSR count). The Morgan fingerprint density at radius 2 is 2.17 bits per heavy atom. The smallest absolute Gasteiger partial charge is 0.235 e. The number of sulfonamides is 1. The van der Waals surface area contributed by atoms with E-state index in [4.69, 9.17) is 0 Å². The first-order valence-electron chi connectivity index (χ1n) is 5.95. The minimum atomic E-state index is -3.56. The van der Waals surface area contributed by atoms with Crippen LogP contribution < -0.4 is 4.72 Å². The largest absolute Gasteiger partial charge is 0.260 e. The fourth-order valence-electron chi connectivity index (χ4n) is 2.26. The second-order valence-electron chi connectivity index (χ2n) is 4.84. The summed E-state index contributed by atoms with van der Waals surface area (Å²) in [7, 11) is -2.00. The van der Waals surface area contributed by atoms with Gasteiger partial charge in [-0.2, -0.15) is 0 Å². The van der Waals surface area contributed by atoms with Crippen molar-refractivity contribution in [3.63, 3.8) is 0 Å². The normalized spacial score (nSPS) is 18.6. The molecule has 0 spiro atoms. The Morgan fingerprint density at radius 3 is 2.56 bits per heavy atom. The van der Waals surface area contributed by atoms with Crippen LogP contribution in [-0.4, -0.2) is 30.0 Å². The molecule has 0 unspecified atom stereocenters. The van der Waals surface area contributed by atoms with E-state index in [0.717, 1.165) is 19.3 Å². The van der Waals surface area contributed by atoms with E-state index in [-0.39, 0.29) is 15.0 Å². The van der Waals surface area contributed by atoms with Crippen molar-refractivity contribution in [3.05, 3.63) is 4.60 Å². The zero-order chi connectivity index (χ0) is 13.4. The lowest BCUT2D eigenvalue weighted by Crippen LogP contribution is -2.42. The van der Waals surface area contributed by atoms with Gasteiger partial charge in [-0.3, -0.25) is 0 Å². The number of aryl methyl sites for hydroxylation is 1. The quantitative estimate of drug-likeness (QED) is 0.882. The first kappa shape index (κ1) is 14.0. The van der Waals surface area contributed by atoms with Gasteiger partial charge in [-0.25, -0.2) is 17.8 Å². The molecule has 1 heterocycles. The number of nitrogens with one attached hydrogen (secondary N) is 1. The highest BCUT2D eigenvalue weighted by atomic mass is 79.9. The summed E-state index contributed by atoms with van der Waals surface area (Å²) < 4.78 is 28.6. The molecule has 0 aromatic carbocycles. The van der Waals surface area contributed by atoms with Crippen LogP contribution >= 0.6 is 15.9 Å². The highest BCUT2D eigenvalue weighted by Gasteiger charge is 2.36. The molecule has 1 fully saturated rings. The Hall–Kier alpha value is -0.470. The lowest BCUT2D eigenvalue weighted by molar-refractivity contribution is 0.133. The number of rotatable bonds is 5. The van der Waals surface area contributed by atoms with Crippen LogP contribution in [0.4, 0.5) is 0 Å². The fourth-order valence-corrected chi connectivity index (χ4v) is 4.50. The maximum Gasteiger partial charge on any atom is 0.260 e. The molecule has 1 aromatic rings. The molecule has 1 aliphatic rings. The summed E-state index contributed by atoms with van der Waals surface area (Å²) in [5, 5.41) is 7.45. The van der Waals surface area contributed by atoms with Crippen molar-refractivity contribution < 1.29 is 8.42 Å². The van der Waals surface area contributed by atoms with Crippen LogP contribution in [0, 0.1) is 5.41 Å². The van der Waals surface area contributed by atoms with Gasteiger partial charge in [0.15, 0.2) is 4.60 Å². The van der Waals surface area contributed by atoms with Crippen LogP contribution in [0.25, 0.3) is 0 Å². The minimum Gasteiger partial charge on any atom is -0.235 e. The number of nitrogens with zero attached hydrogens (tertiary/aromatic N) is 3. The first-order chi connectivity index (χ1) is 8.40. The van der Waals surface area contributed by atoms with Gasteiger partial charge >= 0.3 is 0 Å². The molecule has 0 amide bonds. The molecule has 1 aliphatic carbocycles. The number of hydrogen-bond acceptors (Lipinski definition) is 4. The van der Waals surface area contributed by atoms with Crippen molar-refractivity contribution in [3.8, 4) is 0 Å². The van der Waals surface area contributed by atoms with E-state index in [2.05, 4.69) is 37.9 Å². The fraction of sp³-hybridized carbons (Fsp3) is 0.800. The predicted molar refractivity (Wildman–Crippen MR) is 70.5 cm³/mol. The average molecular weight is 337 g/mol. The Labute approximate surface area is 115 Å². The molecule has 102 valence electrons. The number of halogens is 1. The maximum absolute atomic E-state index is 12.2. The molecular weight excluding hydrogens is 320 g/mol. The van der Waals surface area contributed by atoms with E-state index in [9.17, 15) is 8.42 Å². The van der Waals surface area contributed by atoms with E-state index in [1.807, 2.05) is 0 Å². The second-order valence-corrected chi connectivity index (χ2v) is 7.27. The third-order valence-electron chi connectivity index (χ3n) is 3.79. The second kappa shape index (κ2) is 4.90. The standard InChI is InChI=1S/C10H17BrN4O2S/c1-3-10(5-4-6-10)7-12-18(16,17)9-8(11)13-14-15(9)2/h12H,3-7H2,1-2H3. The van der Waals surface area contributed by atoms with Crippen molar-refractivity contribution in [1.29, 1.82) is 0 Å². The third kappa shape index (κ3) is 2.46. The van der Waals surface area contributed by atoms with Crippen molar-refractivity contribution in [2.24, 2.45) is 12.5 Å². The van der Waals surface area contributed by atoms with E-state index in [1.165, 1.54) is 11.1 Å². The van der Waals surface area contributed by atoms with E-state index in [0.29, 0.717) is 6.54 Å². The van der Waals surface area contributed by atoms with Gasteiger partial charge in [-0.1, -0.05) is 18.6 Å². The van der Waals surface area contributed by atoms with Gasteiger partial charge < -0.3 is 0 Å². The van der Waals surface area contributed by atoms with Crippen LogP contribution in [0.2, 0.25) is 0 Å². The molecular formula is C10H17BrN4O2S. The predicted octanol–water partition coefficient (Wildman–Crippen LogP) is 1.44. The molecule has 6 nitrogen and oxygen atoms in total. The van der Waals surface area contributed by atoms with E-state index in [1.54, 1.807) is 7.05 Å². The lowest BCUT2D eigenvalue weighted by Gasteiger charge is -2.41. The summed E-state index contributed by atoms with van der Waals surface area (Å²) in [4.78, 5) is 0. The van der Waals surface area contributed by atoms with Gasteiger partial charge in [-0.15, -0.1) is 5.10 Å². The summed E-state index contributed by atoms with van der Waals surface area (Å²) >= 11 is 3.11. The zero-order valence-electron chi connectivity index (χ0n) is 10.5. The topological polar surface area (TPSA) is 76.9 Å². The van der Waals surface area contributed by atoms with Crippen LogP contribution in [0.15, 0.2) is 9.63 Å². The van der Waals surface area contributed by atoms with Gasteiger partial charge in [0, 0.05) is 13.6 Å². The molecule has 18 heavy (non-hydrogen) atoms. The first-order valence-corrected chi connectivity index (χ1v) is 8.23. The zero-order valence-corrected chi connectivity index (χ0v) is 12.9. The van der Waals surface area contributed by atoms with Gasteiger partial charge in [-0.05, 0) is 40.6 Å². The van der Waals surface area contributed by atoms with E-state index >= 15 is 0 Å². The van der Waals surface area contributed by atoms with Gasteiger partial charge in [0.1, 0.15) is 0 Å². The van der Waals surface area contributed by atoms with Crippen molar-refractivity contribution in [2.45, 2.75) is 37.6 Å². The maximum atomic E-state index is 12.2. The summed E-state index contributed by atoms with van der Waals surface area (Å²) in [5.74, 6) is 0. The Balaban J connectivity index is 2.13. The Kier molecular flexibility index (Phi) is 3.80. The molecule has 0 atom stereocenters. The number of hydrogen-bond donors (Lipinski definition) is 1. The highest BCUT2D eigenvalue weighted by Crippen LogP contribution is 2.43. The summed E-state index contributed by atoms with van der Waals surface area (Å²) in [6.45, 7) is 2.60. The highest BCUT2D eigenvalue weighted by molar-refractivity contribution is 9.10. The third-order valence-corrected chi connectivity index (χ3v) is 6.08.